The summed E-state index contributed by atoms with van der Waals surface area (Å²) in [4.78, 5) is 19.8. The van der Waals surface area contributed by atoms with E-state index >= 15 is 0 Å². The molecule has 0 heterocycles. The van der Waals surface area contributed by atoms with Crippen molar-refractivity contribution in [1.82, 2.24) is 5.32 Å². The van der Waals surface area contributed by atoms with Crippen molar-refractivity contribution >= 4 is 30.2 Å². The Morgan fingerprint density at radius 3 is 1.36 bits per heavy atom. The Morgan fingerprint density at radius 1 is 1.21 bits per heavy atom. The van der Waals surface area contributed by atoms with Crippen LogP contribution in [0.5, 0.6) is 0 Å². The first-order valence-corrected chi connectivity index (χ1v) is 6.05. The fraction of sp³-hybridized carbons (Fsp3) is 0.778. The molecule has 2 unspecified atom stereocenters. The highest BCUT2D eigenvalue weighted by Crippen LogP contribution is 1.89. The van der Waals surface area contributed by atoms with E-state index in [1.165, 1.54) is 6.92 Å². The fourth-order valence-corrected chi connectivity index (χ4v) is 0. The molecule has 0 aromatic carbocycles. The maximum absolute atomic E-state index is 10.1. The fourth-order valence-electron chi connectivity index (χ4n) is 0. The third-order valence-corrected chi connectivity index (χ3v) is 1.17. The van der Waals surface area contributed by atoms with Crippen LogP contribution >= 0.6 is 18.5 Å². The van der Waals surface area contributed by atoms with Crippen LogP contribution in [0, 0.1) is 5.92 Å². The molecular weight excluding hydrogens is 216 g/mol. The largest absolute Gasteiger partial charge is 0.359 e. The van der Waals surface area contributed by atoms with Crippen molar-refractivity contribution in [3.8, 4) is 0 Å². The van der Waals surface area contributed by atoms with E-state index in [0.717, 1.165) is 5.90 Å². The Bertz CT molecular complexity index is 150. The van der Waals surface area contributed by atoms with Crippen LogP contribution in [0.3, 0.4) is 0 Å². The van der Waals surface area contributed by atoms with E-state index in [1.807, 2.05) is 13.8 Å². The summed E-state index contributed by atoms with van der Waals surface area (Å²) in [5.74, 6) is 1.56. The van der Waals surface area contributed by atoms with Crippen molar-refractivity contribution in [1.29, 1.82) is 0 Å². The van der Waals surface area contributed by atoms with Crippen molar-refractivity contribution in [3.63, 3.8) is 0 Å². The molecule has 0 aliphatic rings. The molecule has 86 valence electrons. The predicted octanol–water partition coefficient (Wildman–Crippen LogP) is 1.68. The summed E-state index contributed by atoms with van der Waals surface area (Å²) in [6.45, 7) is 6.86. The molecule has 5 heteroatoms. The summed E-state index contributed by atoms with van der Waals surface area (Å²) in [7, 11) is 6.68. The van der Waals surface area contributed by atoms with E-state index in [-0.39, 0.29) is 17.6 Å². The Labute approximate surface area is 92.2 Å². The van der Waals surface area contributed by atoms with Gasteiger partial charge in [-0.2, -0.15) is 0 Å². The lowest BCUT2D eigenvalue weighted by molar-refractivity contribution is -0.120. The number of carbonyl (C=O) groups is 2. The predicted molar refractivity (Wildman–Crippen MR) is 69.5 cm³/mol. The molecule has 0 aliphatic carbocycles. The maximum atomic E-state index is 10.1. The molecule has 1 amide bonds. The van der Waals surface area contributed by atoms with Gasteiger partial charge in [-0.15, -0.1) is 18.5 Å². The summed E-state index contributed by atoms with van der Waals surface area (Å²) < 4.78 is 0. The van der Waals surface area contributed by atoms with Crippen molar-refractivity contribution in [2.75, 3.05) is 13.0 Å². The average molecular weight is 239 g/mol. The number of rotatable bonds is 1. The van der Waals surface area contributed by atoms with Gasteiger partial charge in [-0.25, -0.2) is 0 Å². The van der Waals surface area contributed by atoms with Crippen molar-refractivity contribution in [3.05, 3.63) is 0 Å². The quantitative estimate of drug-likeness (QED) is 0.707. The number of amides is 1. The van der Waals surface area contributed by atoms with Gasteiger partial charge in [-0.05, 0) is 12.8 Å². The van der Waals surface area contributed by atoms with E-state index in [2.05, 4.69) is 23.8 Å². The second kappa shape index (κ2) is 15.5. The smallest absolute Gasteiger partial charge is 0.216 e. The lowest BCUT2D eigenvalue weighted by Gasteiger charge is -1.90. The number of ketones is 1. The van der Waals surface area contributed by atoms with Crippen LogP contribution in [0.4, 0.5) is 0 Å². The Hall–Kier alpha value is -0.000000000000000111. The van der Waals surface area contributed by atoms with Gasteiger partial charge in [0, 0.05) is 19.9 Å². The second-order valence-corrected chi connectivity index (χ2v) is 4.69. The van der Waals surface area contributed by atoms with Gasteiger partial charge in [0.05, 0.1) is 0 Å². The molecule has 14 heavy (non-hydrogen) atoms. The number of hydrogen-bond acceptors (Lipinski definition) is 2. The summed E-state index contributed by atoms with van der Waals surface area (Å²) in [6, 6.07) is 0. The van der Waals surface area contributed by atoms with Crippen LogP contribution in [-0.4, -0.2) is 24.6 Å². The summed E-state index contributed by atoms with van der Waals surface area (Å²) in [5.41, 5.74) is 0. The van der Waals surface area contributed by atoms with Gasteiger partial charge < -0.3 is 5.32 Å². The molecule has 0 saturated heterocycles. The number of nitrogens with one attached hydrogen (secondary N) is 1. The summed E-state index contributed by atoms with van der Waals surface area (Å²) >= 11 is 0. The van der Waals surface area contributed by atoms with Crippen molar-refractivity contribution in [2.45, 2.75) is 27.7 Å². The van der Waals surface area contributed by atoms with Gasteiger partial charge in [-0.1, -0.05) is 13.8 Å². The average Bonchev–Trinajstić information content (AvgIpc) is 2.06. The van der Waals surface area contributed by atoms with Crippen LogP contribution in [0.15, 0.2) is 0 Å². The lowest BCUT2D eigenvalue weighted by Crippen LogP contribution is -2.11. The SMILES string of the molecule is CC(=O)C(C)C.CNC(C)=O.PCP. The van der Waals surface area contributed by atoms with E-state index < -0.39 is 0 Å². The molecule has 0 spiro atoms. The second-order valence-electron chi connectivity index (χ2n) is 2.81. The molecule has 0 aromatic heterocycles. The van der Waals surface area contributed by atoms with Gasteiger partial charge >= 0.3 is 0 Å². The molecule has 0 aliphatic heterocycles. The first-order chi connectivity index (χ1) is 6.33. The standard InChI is InChI=1S/C5H10O.C3H7NO.CH6P2/c1-4(2)5(3)6;1-3(5)4-2;2-1-3/h4H,1-3H3;1-2H3,(H,4,5);1-3H2. The highest BCUT2D eigenvalue weighted by Gasteiger charge is 1.95. The van der Waals surface area contributed by atoms with E-state index in [9.17, 15) is 9.59 Å². The Morgan fingerprint density at radius 2 is 1.36 bits per heavy atom. The maximum Gasteiger partial charge on any atom is 0.216 e. The molecule has 3 nitrogen and oxygen atoms in total. The lowest BCUT2D eigenvalue weighted by atomic mass is 10.1. The van der Waals surface area contributed by atoms with Crippen LogP contribution in [0.25, 0.3) is 0 Å². The van der Waals surface area contributed by atoms with Gasteiger partial charge in [-0.3, -0.25) is 9.59 Å². The highest BCUT2D eigenvalue weighted by atomic mass is 31.1. The third kappa shape index (κ3) is 40.3. The molecule has 0 bridgehead atoms. The zero-order valence-corrected chi connectivity index (χ0v) is 12.1. The monoisotopic (exact) mass is 239 g/mol. The van der Waals surface area contributed by atoms with Crippen molar-refractivity contribution < 1.29 is 9.59 Å². The first kappa shape index (κ1) is 19.6. The Kier molecular flexibility index (Phi) is 21.6. The van der Waals surface area contributed by atoms with Gasteiger partial charge in [0.1, 0.15) is 5.78 Å². The number of Topliss-reactive ketones (excluding diaryl/α,β-unsaturated/α-hetero) is 1. The summed E-state index contributed by atoms with van der Waals surface area (Å²) in [6.07, 6.45) is 0. The highest BCUT2D eigenvalue weighted by molar-refractivity contribution is 7.36. The van der Waals surface area contributed by atoms with E-state index in [0.29, 0.717) is 0 Å². The normalized spacial score (nSPS) is 7.71. The number of carbonyl (C=O) groups excluding carboxylic acids is 2. The summed E-state index contributed by atoms with van der Waals surface area (Å²) in [5, 5.41) is 2.39. The van der Waals surface area contributed by atoms with Crippen molar-refractivity contribution in [2.24, 2.45) is 5.92 Å². The minimum absolute atomic E-state index is 0.00463. The molecule has 0 fully saturated rings. The molecule has 0 aromatic rings. The third-order valence-electron chi connectivity index (χ3n) is 1.17. The number of hydrogen-bond donors (Lipinski definition) is 1. The molecule has 0 rings (SSSR count). The van der Waals surface area contributed by atoms with Gasteiger partial charge in [0.2, 0.25) is 5.91 Å². The van der Waals surface area contributed by atoms with E-state index in [4.69, 9.17) is 0 Å². The van der Waals surface area contributed by atoms with Crippen LogP contribution < -0.4 is 5.32 Å². The minimum Gasteiger partial charge on any atom is -0.359 e. The molecular formula is C9H23NO2P2. The van der Waals surface area contributed by atoms with E-state index in [1.54, 1.807) is 14.0 Å². The van der Waals surface area contributed by atoms with Crippen LogP contribution in [-0.2, 0) is 9.59 Å². The van der Waals surface area contributed by atoms with Crippen LogP contribution in [0.1, 0.15) is 27.7 Å². The Balaban J connectivity index is -0.000000138. The topological polar surface area (TPSA) is 46.2 Å². The van der Waals surface area contributed by atoms with Gasteiger partial charge in [0.15, 0.2) is 0 Å². The first-order valence-electron chi connectivity index (χ1n) is 4.42. The molecule has 0 radical (unpaired) electrons. The van der Waals surface area contributed by atoms with Gasteiger partial charge in [0.25, 0.3) is 0 Å². The molecule has 0 saturated carbocycles. The zero-order valence-electron chi connectivity index (χ0n) is 9.76. The minimum atomic E-state index is 0.00463. The molecule has 2 atom stereocenters. The zero-order chi connectivity index (χ0) is 12.1. The molecule has 1 N–H and O–H groups in total. The van der Waals surface area contributed by atoms with Crippen LogP contribution in [0.2, 0.25) is 0 Å².